The molecule has 8 nitrogen and oxygen atoms in total. The minimum Gasteiger partial charge on any atom is -0.481 e. The quantitative estimate of drug-likeness (QED) is 0.440. The lowest BCUT2D eigenvalue weighted by molar-refractivity contribution is -0.140. The number of rotatable bonds is 11. The average molecular weight is 304 g/mol. The zero-order chi connectivity index (χ0) is 16.3. The maximum Gasteiger partial charge on any atom is 0.326 e. The highest BCUT2D eigenvalue weighted by Crippen LogP contribution is 2.04. The number of hydrogen-bond donors (Lipinski definition) is 4. The molecule has 2 amide bonds. The largest absolute Gasteiger partial charge is 0.481 e. The number of urea groups is 1. The van der Waals surface area contributed by atoms with Crippen LogP contribution in [0.2, 0.25) is 0 Å². The second-order valence-electron chi connectivity index (χ2n) is 4.69. The van der Waals surface area contributed by atoms with Crippen molar-refractivity contribution in [2.75, 3.05) is 19.7 Å². The average Bonchev–Trinajstić information content (AvgIpc) is 2.41. The summed E-state index contributed by atoms with van der Waals surface area (Å²) in [5, 5.41) is 28.9. The van der Waals surface area contributed by atoms with Crippen LogP contribution in [0.25, 0.3) is 0 Å². The zero-order valence-electron chi connectivity index (χ0n) is 12.2. The van der Waals surface area contributed by atoms with Gasteiger partial charge >= 0.3 is 18.0 Å². The van der Waals surface area contributed by atoms with Gasteiger partial charge in [0.15, 0.2) is 0 Å². The number of nitrogens with one attached hydrogen (secondary N) is 1. The minimum absolute atomic E-state index is 0.0497. The van der Waals surface area contributed by atoms with E-state index >= 15 is 0 Å². The highest BCUT2D eigenvalue weighted by atomic mass is 16.4. The molecule has 0 spiro atoms. The van der Waals surface area contributed by atoms with E-state index in [1.165, 1.54) is 4.90 Å². The molecular formula is C13H24N2O6. The van der Waals surface area contributed by atoms with Crippen LogP contribution in [0.4, 0.5) is 4.79 Å². The van der Waals surface area contributed by atoms with Gasteiger partial charge in [-0.05, 0) is 19.3 Å². The lowest BCUT2D eigenvalue weighted by Gasteiger charge is -2.24. The Labute approximate surface area is 123 Å². The second-order valence-corrected chi connectivity index (χ2v) is 4.69. The molecule has 21 heavy (non-hydrogen) atoms. The number of aliphatic hydroxyl groups excluding tert-OH is 1. The summed E-state index contributed by atoms with van der Waals surface area (Å²) in [5.41, 5.74) is 0. The van der Waals surface area contributed by atoms with Crippen LogP contribution in [0.5, 0.6) is 0 Å². The van der Waals surface area contributed by atoms with Crippen LogP contribution < -0.4 is 5.32 Å². The molecule has 0 fully saturated rings. The molecule has 0 bridgehead atoms. The van der Waals surface area contributed by atoms with Crippen LogP contribution in [0.3, 0.4) is 0 Å². The van der Waals surface area contributed by atoms with Gasteiger partial charge in [-0.2, -0.15) is 0 Å². The molecule has 0 rings (SSSR count). The number of amides is 2. The van der Waals surface area contributed by atoms with E-state index in [9.17, 15) is 14.4 Å². The van der Waals surface area contributed by atoms with Crippen LogP contribution in [0.1, 0.15) is 39.0 Å². The van der Waals surface area contributed by atoms with E-state index in [1.807, 2.05) is 6.92 Å². The molecule has 0 radical (unpaired) electrons. The van der Waals surface area contributed by atoms with E-state index in [0.717, 1.165) is 12.8 Å². The molecule has 0 aromatic heterocycles. The Morgan fingerprint density at radius 1 is 1.14 bits per heavy atom. The number of unbranched alkanes of at least 4 members (excludes halogenated alkanes) is 1. The fourth-order valence-corrected chi connectivity index (χ4v) is 1.74. The summed E-state index contributed by atoms with van der Waals surface area (Å²) in [5.74, 6) is -2.21. The lowest BCUT2D eigenvalue weighted by Crippen LogP contribution is -2.49. The molecule has 0 aliphatic carbocycles. The van der Waals surface area contributed by atoms with Gasteiger partial charge in [0.2, 0.25) is 0 Å². The van der Waals surface area contributed by atoms with Crippen molar-refractivity contribution >= 4 is 18.0 Å². The van der Waals surface area contributed by atoms with Crippen LogP contribution in [0.15, 0.2) is 0 Å². The van der Waals surface area contributed by atoms with Gasteiger partial charge in [0.05, 0.1) is 6.61 Å². The molecule has 0 saturated carbocycles. The molecule has 0 aliphatic rings. The summed E-state index contributed by atoms with van der Waals surface area (Å²) in [6.07, 6.45) is 1.70. The van der Waals surface area contributed by atoms with E-state index in [1.54, 1.807) is 0 Å². The number of nitrogens with zero attached hydrogens (tertiary/aromatic N) is 1. The molecule has 122 valence electrons. The van der Waals surface area contributed by atoms with Gasteiger partial charge in [0.25, 0.3) is 0 Å². The van der Waals surface area contributed by atoms with E-state index in [2.05, 4.69) is 5.32 Å². The summed E-state index contributed by atoms with van der Waals surface area (Å²) >= 11 is 0. The molecule has 1 atom stereocenters. The normalized spacial score (nSPS) is 11.7. The Kier molecular flexibility index (Phi) is 9.95. The van der Waals surface area contributed by atoms with Crippen molar-refractivity contribution in [3.63, 3.8) is 0 Å². The van der Waals surface area contributed by atoms with Crippen molar-refractivity contribution < 1.29 is 29.7 Å². The van der Waals surface area contributed by atoms with Crippen molar-refractivity contribution in [2.45, 2.75) is 45.1 Å². The standard InChI is InChI=1S/C13H24N2O6/c1-2-3-7-15(8-9-16)13(21)14-10(12(19)20)5-4-6-11(17)18/h10,16H,2-9H2,1H3,(H,14,21)(H,17,18)(H,19,20)/t10-/m1/s1. The third kappa shape index (κ3) is 8.85. The smallest absolute Gasteiger partial charge is 0.326 e. The maximum absolute atomic E-state index is 12.0. The van der Waals surface area contributed by atoms with Crippen molar-refractivity contribution in [1.29, 1.82) is 0 Å². The highest BCUT2D eigenvalue weighted by molar-refractivity contribution is 5.82. The Bertz CT molecular complexity index is 348. The third-order valence-corrected chi connectivity index (χ3v) is 2.92. The van der Waals surface area contributed by atoms with Crippen molar-refractivity contribution in [3.8, 4) is 0 Å². The molecule has 0 aromatic rings. The van der Waals surface area contributed by atoms with Crippen molar-refractivity contribution in [2.24, 2.45) is 0 Å². The van der Waals surface area contributed by atoms with Gasteiger partial charge in [-0.3, -0.25) is 4.79 Å². The second kappa shape index (κ2) is 10.9. The molecule has 0 aliphatic heterocycles. The highest BCUT2D eigenvalue weighted by Gasteiger charge is 2.22. The Hall–Kier alpha value is -1.83. The summed E-state index contributed by atoms with van der Waals surface area (Å²) in [6.45, 7) is 2.33. The first-order valence-corrected chi connectivity index (χ1v) is 7.03. The number of aliphatic hydroxyl groups is 1. The number of carbonyl (C=O) groups is 3. The molecule has 8 heteroatoms. The summed E-state index contributed by atoms with van der Waals surface area (Å²) < 4.78 is 0. The molecule has 0 aromatic carbocycles. The number of aliphatic carboxylic acids is 2. The first-order valence-electron chi connectivity index (χ1n) is 7.03. The van der Waals surface area contributed by atoms with Gasteiger partial charge in [-0.15, -0.1) is 0 Å². The van der Waals surface area contributed by atoms with Crippen LogP contribution in [-0.2, 0) is 9.59 Å². The van der Waals surface area contributed by atoms with Crippen molar-refractivity contribution in [1.82, 2.24) is 10.2 Å². The minimum atomic E-state index is -1.20. The van der Waals surface area contributed by atoms with Crippen LogP contribution in [0, 0.1) is 0 Å². The van der Waals surface area contributed by atoms with Gasteiger partial charge < -0.3 is 25.5 Å². The SMILES string of the molecule is CCCCN(CCO)C(=O)N[C@H](CCCC(=O)O)C(=O)O. The van der Waals surface area contributed by atoms with Gasteiger partial charge in [0, 0.05) is 19.5 Å². The summed E-state index contributed by atoms with van der Waals surface area (Å²) in [4.78, 5) is 34.8. The molecule has 0 heterocycles. The molecule has 0 saturated heterocycles. The Morgan fingerprint density at radius 2 is 1.81 bits per heavy atom. The Morgan fingerprint density at radius 3 is 2.29 bits per heavy atom. The monoisotopic (exact) mass is 304 g/mol. The van der Waals surface area contributed by atoms with Crippen LogP contribution in [-0.4, -0.2) is 63.9 Å². The van der Waals surface area contributed by atoms with Gasteiger partial charge in [-0.25, -0.2) is 9.59 Å². The maximum atomic E-state index is 12.0. The molecule has 4 N–H and O–H groups in total. The summed E-state index contributed by atoms with van der Waals surface area (Å²) in [6, 6.07) is -1.68. The summed E-state index contributed by atoms with van der Waals surface area (Å²) in [7, 11) is 0. The topological polar surface area (TPSA) is 127 Å². The van der Waals surface area contributed by atoms with E-state index in [4.69, 9.17) is 15.3 Å². The van der Waals surface area contributed by atoms with E-state index in [0.29, 0.717) is 6.54 Å². The van der Waals surface area contributed by atoms with E-state index in [-0.39, 0.29) is 32.4 Å². The first kappa shape index (κ1) is 19.2. The lowest BCUT2D eigenvalue weighted by atomic mass is 10.1. The third-order valence-electron chi connectivity index (χ3n) is 2.92. The number of carboxylic acid groups (broad SMARTS) is 2. The first-order chi connectivity index (χ1) is 9.92. The predicted octanol–water partition coefficient (Wildman–Crippen LogP) is 0.499. The molecular weight excluding hydrogens is 280 g/mol. The number of hydrogen-bond acceptors (Lipinski definition) is 4. The Balaban J connectivity index is 4.47. The fourth-order valence-electron chi connectivity index (χ4n) is 1.74. The number of carboxylic acids is 2. The molecule has 0 unspecified atom stereocenters. The fraction of sp³-hybridized carbons (Fsp3) is 0.769. The van der Waals surface area contributed by atoms with Crippen LogP contribution >= 0.6 is 0 Å². The predicted molar refractivity (Wildman–Crippen MR) is 75.0 cm³/mol. The van der Waals surface area contributed by atoms with Gasteiger partial charge in [-0.1, -0.05) is 13.3 Å². The number of carbonyl (C=O) groups excluding carboxylic acids is 1. The van der Waals surface area contributed by atoms with Crippen molar-refractivity contribution in [3.05, 3.63) is 0 Å². The van der Waals surface area contributed by atoms with E-state index < -0.39 is 24.0 Å². The van der Waals surface area contributed by atoms with Gasteiger partial charge in [0.1, 0.15) is 6.04 Å². The zero-order valence-corrected chi connectivity index (χ0v) is 12.2.